The van der Waals surface area contributed by atoms with Gasteiger partial charge < -0.3 is 10.0 Å². The van der Waals surface area contributed by atoms with Crippen LogP contribution in [0.3, 0.4) is 0 Å². The molecule has 2 unspecified atom stereocenters. The zero-order valence-electron chi connectivity index (χ0n) is 8.49. The van der Waals surface area contributed by atoms with Gasteiger partial charge in [0.25, 0.3) is 0 Å². The van der Waals surface area contributed by atoms with Gasteiger partial charge in [-0.15, -0.1) is 0 Å². The predicted molar refractivity (Wildman–Crippen MR) is 51.3 cm³/mol. The lowest BCUT2D eigenvalue weighted by molar-refractivity contribution is -0.132. The average molecular weight is 185 g/mol. The lowest BCUT2D eigenvalue weighted by atomic mass is 10.1. The smallest absolute Gasteiger partial charge is 0.225 e. The fourth-order valence-electron chi connectivity index (χ4n) is 1.75. The lowest BCUT2D eigenvalue weighted by Gasteiger charge is -2.19. The fraction of sp³-hybridized carbons (Fsp3) is 0.900. The van der Waals surface area contributed by atoms with Crippen LogP contribution >= 0.6 is 0 Å². The van der Waals surface area contributed by atoms with Crippen molar-refractivity contribution in [2.24, 2.45) is 5.92 Å². The van der Waals surface area contributed by atoms with E-state index in [9.17, 15) is 9.90 Å². The number of aliphatic hydroxyl groups excluding tert-OH is 1. The van der Waals surface area contributed by atoms with E-state index in [1.165, 1.54) is 0 Å². The van der Waals surface area contributed by atoms with Crippen molar-refractivity contribution in [3.8, 4) is 0 Å². The molecule has 1 rings (SSSR count). The average Bonchev–Trinajstić information content (AvgIpc) is 2.48. The summed E-state index contributed by atoms with van der Waals surface area (Å²) in [4.78, 5) is 13.4. The van der Waals surface area contributed by atoms with Crippen LogP contribution in [-0.4, -0.2) is 35.1 Å². The molecular formula is C10H19NO2. The number of carbonyl (C=O) groups excluding carboxylic acids is 1. The second-order valence-electron chi connectivity index (χ2n) is 3.74. The first-order chi connectivity index (χ1) is 6.19. The third-order valence-electron chi connectivity index (χ3n) is 2.80. The Hall–Kier alpha value is -0.570. The molecule has 1 aliphatic heterocycles. The summed E-state index contributed by atoms with van der Waals surface area (Å²) in [5.74, 6) is 0.444. The molecule has 0 aliphatic carbocycles. The minimum atomic E-state index is -0.348. The molecule has 2 atom stereocenters. The molecule has 0 aromatic heterocycles. The van der Waals surface area contributed by atoms with Gasteiger partial charge in [0.1, 0.15) is 0 Å². The summed E-state index contributed by atoms with van der Waals surface area (Å²) in [7, 11) is 0. The summed E-state index contributed by atoms with van der Waals surface area (Å²) in [6.45, 7) is 5.32. The van der Waals surface area contributed by atoms with Gasteiger partial charge in [0.05, 0.1) is 6.10 Å². The number of aliphatic hydroxyl groups is 1. The van der Waals surface area contributed by atoms with Crippen molar-refractivity contribution >= 4 is 5.91 Å². The molecular weight excluding hydrogens is 166 g/mol. The van der Waals surface area contributed by atoms with Crippen LogP contribution in [0.1, 0.15) is 33.1 Å². The Balaban J connectivity index is 2.41. The molecule has 1 fully saturated rings. The maximum absolute atomic E-state index is 11.6. The van der Waals surface area contributed by atoms with E-state index in [0.717, 1.165) is 25.8 Å². The van der Waals surface area contributed by atoms with Crippen LogP contribution in [0.15, 0.2) is 0 Å². The van der Waals surface area contributed by atoms with E-state index in [4.69, 9.17) is 0 Å². The SMILES string of the molecule is CCC(O)CN1CCC(CC)C1=O. The summed E-state index contributed by atoms with van der Waals surface area (Å²) < 4.78 is 0. The fourth-order valence-corrected chi connectivity index (χ4v) is 1.75. The van der Waals surface area contributed by atoms with Crippen LogP contribution in [0, 0.1) is 5.92 Å². The zero-order valence-corrected chi connectivity index (χ0v) is 8.49. The number of nitrogens with zero attached hydrogens (tertiary/aromatic N) is 1. The number of hydrogen-bond donors (Lipinski definition) is 1. The van der Waals surface area contributed by atoms with Gasteiger partial charge in [0.2, 0.25) is 5.91 Å². The molecule has 13 heavy (non-hydrogen) atoms. The predicted octanol–water partition coefficient (Wildman–Crippen LogP) is 1.02. The third kappa shape index (κ3) is 2.44. The van der Waals surface area contributed by atoms with Crippen molar-refractivity contribution in [3.05, 3.63) is 0 Å². The number of likely N-dealkylation sites (tertiary alicyclic amines) is 1. The molecule has 3 heteroatoms. The summed E-state index contributed by atoms with van der Waals surface area (Å²) in [5.41, 5.74) is 0. The number of β-amino-alcohol motifs (C(OH)–C–C–N with tert-alkyl or cyclic N) is 1. The van der Waals surface area contributed by atoms with Crippen LogP contribution in [0.2, 0.25) is 0 Å². The first kappa shape index (κ1) is 10.5. The Morgan fingerprint density at radius 1 is 1.62 bits per heavy atom. The van der Waals surface area contributed by atoms with Gasteiger partial charge in [-0.05, 0) is 19.3 Å². The highest BCUT2D eigenvalue weighted by molar-refractivity contribution is 5.80. The molecule has 1 N–H and O–H groups in total. The summed E-state index contributed by atoms with van der Waals surface area (Å²) in [5, 5.41) is 9.40. The molecule has 1 amide bonds. The molecule has 0 aromatic carbocycles. The third-order valence-corrected chi connectivity index (χ3v) is 2.80. The van der Waals surface area contributed by atoms with Crippen LogP contribution in [0.5, 0.6) is 0 Å². The van der Waals surface area contributed by atoms with Gasteiger partial charge in [-0.2, -0.15) is 0 Å². The topological polar surface area (TPSA) is 40.5 Å². The first-order valence-corrected chi connectivity index (χ1v) is 5.15. The second-order valence-corrected chi connectivity index (χ2v) is 3.74. The minimum absolute atomic E-state index is 0.212. The summed E-state index contributed by atoms with van der Waals surface area (Å²) >= 11 is 0. The van der Waals surface area contributed by atoms with Gasteiger partial charge in [-0.3, -0.25) is 4.79 Å². The number of carbonyl (C=O) groups is 1. The van der Waals surface area contributed by atoms with Crippen molar-refractivity contribution in [1.82, 2.24) is 4.90 Å². The number of hydrogen-bond acceptors (Lipinski definition) is 2. The molecule has 1 heterocycles. The van der Waals surface area contributed by atoms with Crippen LogP contribution in [0.25, 0.3) is 0 Å². The Kier molecular flexibility index (Phi) is 3.72. The van der Waals surface area contributed by atoms with Crippen molar-refractivity contribution in [2.75, 3.05) is 13.1 Å². The molecule has 0 aromatic rings. The van der Waals surface area contributed by atoms with Crippen LogP contribution in [0.4, 0.5) is 0 Å². The second kappa shape index (κ2) is 4.61. The molecule has 1 saturated heterocycles. The lowest BCUT2D eigenvalue weighted by Crippen LogP contribution is -2.34. The van der Waals surface area contributed by atoms with Crippen LogP contribution in [-0.2, 0) is 4.79 Å². The molecule has 0 saturated carbocycles. The Morgan fingerprint density at radius 3 is 2.77 bits per heavy atom. The van der Waals surface area contributed by atoms with Gasteiger partial charge in [0, 0.05) is 19.0 Å². The van der Waals surface area contributed by atoms with Crippen LogP contribution < -0.4 is 0 Å². The van der Waals surface area contributed by atoms with Gasteiger partial charge in [-0.1, -0.05) is 13.8 Å². The Bertz CT molecular complexity index is 182. The Labute approximate surface area is 79.7 Å². The highest BCUT2D eigenvalue weighted by atomic mass is 16.3. The standard InChI is InChI=1S/C10H19NO2/c1-3-8-5-6-11(10(8)13)7-9(12)4-2/h8-9,12H,3-7H2,1-2H3. The van der Waals surface area contributed by atoms with Crippen molar-refractivity contribution in [2.45, 2.75) is 39.2 Å². The normalized spacial score (nSPS) is 25.3. The van der Waals surface area contributed by atoms with E-state index < -0.39 is 0 Å². The molecule has 0 bridgehead atoms. The van der Waals surface area contributed by atoms with Crippen molar-refractivity contribution in [3.63, 3.8) is 0 Å². The highest BCUT2D eigenvalue weighted by Gasteiger charge is 2.30. The highest BCUT2D eigenvalue weighted by Crippen LogP contribution is 2.20. The minimum Gasteiger partial charge on any atom is -0.391 e. The van der Waals surface area contributed by atoms with E-state index >= 15 is 0 Å². The number of amides is 1. The first-order valence-electron chi connectivity index (χ1n) is 5.15. The van der Waals surface area contributed by atoms with E-state index in [1.54, 1.807) is 4.90 Å². The molecule has 1 aliphatic rings. The van der Waals surface area contributed by atoms with Gasteiger partial charge in [0.15, 0.2) is 0 Å². The van der Waals surface area contributed by atoms with Crippen molar-refractivity contribution in [1.29, 1.82) is 0 Å². The maximum Gasteiger partial charge on any atom is 0.225 e. The maximum atomic E-state index is 11.6. The van der Waals surface area contributed by atoms with E-state index in [0.29, 0.717) is 6.54 Å². The number of rotatable bonds is 4. The van der Waals surface area contributed by atoms with E-state index in [-0.39, 0.29) is 17.9 Å². The summed E-state index contributed by atoms with van der Waals surface area (Å²) in [6, 6.07) is 0. The van der Waals surface area contributed by atoms with Crippen molar-refractivity contribution < 1.29 is 9.90 Å². The molecule has 76 valence electrons. The van der Waals surface area contributed by atoms with E-state index in [1.807, 2.05) is 13.8 Å². The van der Waals surface area contributed by atoms with Gasteiger partial charge >= 0.3 is 0 Å². The summed E-state index contributed by atoms with van der Waals surface area (Å²) in [6.07, 6.45) is 2.27. The zero-order chi connectivity index (χ0) is 9.84. The van der Waals surface area contributed by atoms with Gasteiger partial charge in [-0.25, -0.2) is 0 Å². The quantitative estimate of drug-likeness (QED) is 0.710. The monoisotopic (exact) mass is 185 g/mol. The Morgan fingerprint density at radius 2 is 2.31 bits per heavy atom. The largest absolute Gasteiger partial charge is 0.391 e. The molecule has 0 spiro atoms. The molecule has 3 nitrogen and oxygen atoms in total. The van der Waals surface area contributed by atoms with E-state index in [2.05, 4.69) is 0 Å². The molecule has 0 radical (unpaired) electrons.